The molecule has 0 bridgehead atoms. The van der Waals surface area contributed by atoms with Crippen LogP contribution in [0, 0.1) is 19.8 Å². The number of halogens is 1. The molecular formula is C17H22ClN3OS. The Morgan fingerprint density at radius 2 is 2.17 bits per heavy atom. The summed E-state index contributed by atoms with van der Waals surface area (Å²) >= 11 is 1.48. The Bertz CT molecular complexity index is 680. The molecule has 1 atom stereocenters. The molecule has 1 aliphatic heterocycles. The Morgan fingerprint density at radius 3 is 2.87 bits per heavy atom. The molecule has 1 amide bonds. The van der Waals surface area contributed by atoms with E-state index in [0.29, 0.717) is 5.13 Å². The summed E-state index contributed by atoms with van der Waals surface area (Å²) in [5.41, 5.74) is 4.55. The first-order valence-electron chi connectivity index (χ1n) is 7.68. The number of anilines is 1. The molecule has 1 aliphatic rings. The Kier molecular flexibility index (Phi) is 6.16. The quantitative estimate of drug-likeness (QED) is 0.884. The SMILES string of the molecule is Cc1ccc(-c2csc(NC(=O)C3CCCNC3)n2)cc1C.Cl. The largest absolute Gasteiger partial charge is 0.316 e. The Hall–Kier alpha value is -1.43. The van der Waals surface area contributed by atoms with E-state index >= 15 is 0 Å². The summed E-state index contributed by atoms with van der Waals surface area (Å²) in [4.78, 5) is 16.8. The molecule has 0 aliphatic carbocycles. The van der Waals surface area contributed by atoms with Gasteiger partial charge in [-0.2, -0.15) is 0 Å². The lowest BCUT2D eigenvalue weighted by Crippen LogP contribution is -2.37. The lowest BCUT2D eigenvalue weighted by molar-refractivity contribution is -0.120. The van der Waals surface area contributed by atoms with Crippen molar-refractivity contribution in [2.75, 3.05) is 18.4 Å². The molecule has 0 spiro atoms. The van der Waals surface area contributed by atoms with Gasteiger partial charge in [0.1, 0.15) is 0 Å². The van der Waals surface area contributed by atoms with Crippen LogP contribution in [0.25, 0.3) is 11.3 Å². The summed E-state index contributed by atoms with van der Waals surface area (Å²) in [5.74, 6) is 0.135. The molecule has 2 N–H and O–H groups in total. The van der Waals surface area contributed by atoms with Gasteiger partial charge in [-0.15, -0.1) is 23.7 Å². The molecule has 2 aromatic rings. The molecule has 4 nitrogen and oxygen atoms in total. The highest BCUT2D eigenvalue weighted by molar-refractivity contribution is 7.14. The zero-order valence-electron chi connectivity index (χ0n) is 13.4. The minimum atomic E-state index is 0. The van der Waals surface area contributed by atoms with Crippen LogP contribution in [0.4, 0.5) is 5.13 Å². The number of piperidine rings is 1. The topological polar surface area (TPSA) is 54.0 Å². The second kappa shape index (κ2) is 7.90. The van der Waals surface area contributed by atoms with Crippen molar-refractivity contribution in [2.24, 2.45) is 5.92 Å². The highest BCUT2D eigenvalue weighted by Crippen LogP contribution is 2.27. The van der Waals surface area contributed by atoms with Crippen molar-refractivity contribution in [3.63, 3.8) is 0 Å². The van der Waals surface area contributed by atoms with Crippen molar-refractivity contribution < 1.29 is 4.79 Å². The maximum absolute atomic E-state index is 12.2. The summed E-state index contributed by atoms with van der Waals surface area (Å²) < 4.78 is 0. The number of nitrogens with zero attached hydrogens (tertiary/aromatic N) is 1. The van der Waals surface area contributed by atoms with Crippen molar-refractivity contribution in [3.8, 4) is 11.3 Å². The number of hydrogen-bond donors (Lipinski definition) is 2. The zero-order chi connectivity index (χ0) is 15.5. The molecule has 6 heteroatoms. The fourth-order valence-electron chi connectivity index (χ4n) is 2.65. The molecule has 1 saturated heterocycles. The molecule has 1 aromatic heterocycles. The summed E-state index contributed by atoms with van der Waals surface area (Å²) in [5, 5.41) is 8.91. The van der Waals surface area contributed by atoms with E-state index in [1.54, 1.807) is 0 Å². The predicted octanol–water partition coefficient (Wildman–Crippen LogP) is 3.79. The number of benzene rings is 1. The van der Waals surface area contributed by atoms with Crippen molar-refractivity contribution >= 4 is 34.8 Å². The first kappa shape index (κ1) is 17.9. The number of carbonyl (C=O) groups excluding carboxylic acids is 1. The normalized spacial score (nSPS) is 17.4. The molecule has 1 fully saturated rings. The van der Waals surface area contributed by atoms with Crippen LogP contribution in [-0.2, 0) is 4.79 Å². The monoisotopic (exact) mass is 351 g/mol. The Balaban J connectivity index is 0.00000192. The van der Waals surface area contributed by atoms with Crippen LogP contribution in [0.15, 0.2) is 23.6 Å². The van der Waals surface area contributed by atoms with Gasteiger partial charge in [0.2, 0.25) is 5.91 Å². The van der Waals surface area contributed by atoms with Crippen LogP contribution in [0.1, 0.15) is 24.0 Å². The van der Waals surface area contributed by atoms with Gasteiger partial charge in [0.05, 0.1) is 11.6 Å². The van der Waals surface area contributed by atoms with Crippen molar-refractivity contribution in [2.45, 2.75) is 26.7 Å². The number of nitrogens with one attached hydrogen (secondary N) is 2. The van der Waals surface area contributed by atoms with Gasteiger partial charge in [-0.25, -0.2) is 4.98 Å². The molecule has 0 saturated carbocycles. The third-order valence-corrected chi connectivity index (χ3v) is 4.96. The van der Waals surface area contributed by atoms with Gasteiger partial charge in [0.25, 0.3) is 0 Å². The fourth-order valence-corrected chi connectivity index (χ4v) is 3.37. The second-order valence-corrected chi connectivity index (χ2v) is 6.73. The van der Waals surface area contributed by atoms with Gasteiger partial charge in [-0.05, 0) is 50.4 Å². The minimum Gasteiger partial charge on any atom is -0.316 e. The number of rotatable bonds is 3. The van der Waals surface area contributed by atoms with E-state index in [4.69, 9.17) is 0 Å². The van der Waals surface area contributed by atoms with E-state index in [1.165, 1.54) is 22.5 Å². The average Bonchev–Trinajstić information content (AvgIpc) is 2.99. The molecule has 3 rings (SSSR count). The number of aromatic nitrogens is 1. The first-order valence-corrected chi connectivity index (χ1v) is 8.56. The maximum Gasteiger partial charge on any atom is 0.230 e. The van der Waals surface area contributed by atoms with Crippen molar-refractivity contribution in [3.05, 3.63) is 34.7 Å². The first-order chi connectivity index (χ1) is 10.6. The molecule has 124 valence electrons. The van der Waals surface area contributed by atoms with Crippen LogP contribution in [0.5, 0.6) is 0 Å². The highest BCUT2D eigenvalue weighted by atomic mass is 35.5. The molecular weight excluding hydrogens is 330 g/mol. The van der Waals surface area contributed by atoms with Crippen LogP contribution in [0.2, 0.25) is 0 Å². The van der Waals surface area contributed by atoms with Crippen molar-refractivity contribution in [1.82, 2.24) is 10.3 Å². The maximum atomic E-state index is 12.2. The number of thiazole rings is 1. The molecule has 23 heavy (non-hydrogen) atoms. The second-order valence-electron chi connectivity index (χ2n) is 5.87. The van der Waals surface area contributed by atoms with Gasteiger partial charge in [0, 0.05) is 17.5 Å². The predicted molar refractivity (Wildman–Crippen MR) is 98.5 cm³/mol. The van der Waals surface area contributed by atoms with Crippen molar-refractivity contribution in [1.29, 1.82) is 0 Å². The number of amides is 1. The standard InChI is InChI=1S/C17H21N3OS.ClH/c1-11-5-6-13(8-12(11)2)15-10-22-17(19-15)20-16(21)14-4-3-7-18-9-14;/h5-6,8,10,14,18H,3-4,7,9H2,1-2H3,(H,19,20,21);1H. The van der Waals surface area contributed by atoms with Crippen LogP contribution < -0.4 is 10.6 Å². The van der Waals surface area contributed by atoms with Gasteiger partial charge < -0.3 is 10.6 Å². The van der Waals surface area contributed by atoms with Gasteiger partial charge in [-0.1, -0.05) is 12.1 Å². The van der Waals surface area contributed by atoms with E-state index in [0.717, 1.165) is 37.2 Å². The lowest BCUT2D eigenvalue weighted by Gasteiger charge is -2.21. The van der Waals surface area contributed by atoms with E-state index in [-0.39, 0.29) is 24.2 Å². The molecule has 0 radical (unpaired) electrons. The van der Waals surface area contributed by atoms with Crippen LogP contribution >= 0.6 is 23.7 Å². The summed E-state index contributed by atoms with van der Waals surface area (Å²) in [7, 11) is 0. The number of aryl methyl sites for hydroxylation is 2. The smallest absolute Gasteiger partial charge is 0.230 e. The summed E-state index contributed by atoms with van der Waals surface area (Å²) in [6.07, 6.45) is 2.01. The molecule has 1 unspecified atom stereocenters. The minimum absolute atomic E-state index is 0. The summed E-state index contributed by atoms with van der Waals surface area (Å²) in [6, 6.07) is 6.32. The van der Waals surface area contributed by atoms with Gasteiger partial charge in [-0.3, -0.25) is 4.79 Å². The zero-order valence-corrected chi connectivity index (χ0v) is 15.0. The Morgan fingerprint density at radius 1 is 1.35 bits per heavy atom. The third kappa shape index (κ3) is 4.31. The Labute approximate surface area is 147 Å². The van der Waals surface area contributed by atoms with Gasteiger partial charge >= 0.3 is 0 Å². The molecule has 1 aromatic carbocycles. The van der Waals surface area contributed by atoms with E-state index < -0.39 is 0 Å². The van der Waals surface area contributed by atoms with E-state index in [9.17, 15) is 4.79 Å². The number of hydrogen-bond acceptors (Lipinski definition) is 4. The fraction of sp³-hybridized carbons (Fsp3) is 0.412. The summed E-state index contributed by atoms with van der Waals surface area (Å²) in [6.45, 7) is 5.98. The highest BCUT2D eigenvalue weighted by Gasteiger charge is 2.21. The average molecular weight is 352 g/mol. The molecule has 2 heterocycles. The van der Waals surface area contributed by atoms with Crippen LogP contribution in [0.3, 0.4) is 0 Å². The lowest BCUT2D eigenvalue weighted by atomic mass is 9.99. The number of carbonyl (C=O) groups is 1. The van der Waals surface area contributed by atoms with Crippen LogP contribution in [-0.4, -0.2) is 24.0 Å². The van der Waals surface area contributed by atoms with Gasteiger partial charge in [0.15, 0.2) is 5.13 Å². The third-order valence-electron chi connectivity index (χ3n) is 4.20. The van der Waals surface area contributed by atoms with E-state index in [1.807, 2.05) is 5.38 Å². The van der Waals surface area contributed by atoms with E-state index in [2.05, 4.69) is 47.7 Å².